The Morgan fingerprint density at radius 2 is 0.617 bits per heavy atom. The van der Waals surface area contributed by atoms with Crippen LogP contribution in [0.2, 0.25) is 0 Å². The quantitative estimate of drug-likeness (QED) is 0.119. The smallest absolute Gasteiger partial charge is 0.171 e. The van der Waals surface area contributed by atoms with Gasteiger partial charge in [-0.2, -0.15) is 0 Å². The molecular weight excluding hydrogens is 1070 g/mol. The van der Waals surface area contributed by atoms with Gasteiger partial charge in [-0.05, 0) is 133 Å². The standard InChI is InChI=1S/C72H49N2OP3S.2H2O/c75-78(58-29-15-5-16-30-58,59-31-17-6-18-32-59)60-39-42-70-64(49-60)63-48-57(77(54-25-11-3-12-26-54)55-27-13-4-14-28-55)38-41-69(63)74(70)51-36-44-72-66(46-51)65-45-50(35-43-71(65)79-72)73-67-34-20-19-33-61(67)62-47-56(37-40-68(62)73)76(52-21-7-1-8-22-52)53-23-9-2-10-24-53;;/h1-49H;2*1H2. The summed E-state index contributed by atoms with van der Waals surface area (Å²) in [6.07, 6.45) is 0. The van der Waals surface area contributed by atoms with E-state index in [1.807, 2.05) is 72.0 Å². The Kier molecular flexibility index (Phi) is 13.8. The third-order valence-corrected chi connectivity index (χ3v) is 24.6. The number of benzene rings is 12. The fraction of sp³-hybridized carbons (Fsp3) is 0. The van der Waals surface area contributed by atoms with Crippen LogP contribution >= 0.6 is 34.3 Å². The minimum atomic E-state index is -3.29. The molecule has 81 heavy (non-hydrogen) atoms. The number of aromatic nitrogens is 2. The Balaban J connectivity index is 0.00000309. The van der Waals surface area contributed by atoms with Crippen molar-refractivity contribution in [3.63, 3.8) is 0 Å². The highest BCUT2D eigenvalue weighted by Gasteiger charge is 2.31. The predicted octanol–water partition coefficient (Wildman–Crippen LogP) is 13.8. The molecular formula is C72H53N2O3P3S. The molecule has 0 saturated heterocycles. The minimum absolute atomic E-state index is 0. The summed E-state index contributed by atoms with van der Waals surface area (Å²) in [7, 11) is -4.95. The van der Waals surface area contributed by atoms with E-state index in [2.05, 4.69) is 246 Å². The van der Waals surface area contributed by atoms with Gasteiger partial charge in [0.15, 0.2) is 7.14 Å². The molecule has 0 spiro atoms. The molecule has 0 radical (unpaired) electrons. The van der Waals surface area contributed by atoms with E-state index in [-0.39, 0.29) is 11.0 Å². The van der Waals surface area contributed by atoms with Gasteiger partial charge in [-0.15, -0.1) is 11.3 Å². The zero-order valence-corrected chi connectivity index (χ0v) is 47.3. The van der Waals surface area contributed by atoms with Gasteiger partial charge in [0.2, 0.25) is 0 Å². The molecule has 9 heteroatoms. The third-order valence-electron chi connectivity index (χ3n) is 15.5. The molecule has 3 heterocycles. The summed E-state index contributed by atoms with van der Waals surface area (Å²) in [6, 6.07) is 108. The maximum atomic E-state index is 16.1. The van der Waals surface area contributed by atoms with Crippen molar-refractivity contribution in [2.45, 2.75) is 0 Å². The molecule has 0 amide bonds. The van der Waals surface area contributed by atoms with Gasteiger partial charge >= 0.3 is 0 Å². The first-order valence-corrected chi connectivity index (χ1v) is 31.9. The molecule has 3 aromatic heterocycles. The fourth-order valence-electron chi connectivity index (χ4n) is 11.9. The summed E-state index contributed by atoms with van der Waals surface area (Å²) in [5.74, 6) is 0. The molecule has 0 atom stereocenters. The van der Waals surface area contributed by atoms with Crippen LogP contribution in [0.4, 0.5) is 0 Å². The lowest BCUT2D eigenvalue weighted by Crippen LogP contribution is -2.24. The molecule has 0 fully saturated rings. The van der Waals surface area contributed by atoms with Gasteiger partial charge < -0.3 is 24.7 Å². The first-order chi connectivity index (χ1) is 39.1. The Hall–Kier alpha value is -8.53. The van der Waals surface area contributed by atoms with E-state index in [9.17, 15) is 0 Å². The molecule has 0 aliphatic heterocycles. The fourth-order valence-corrected chi connectivity index (χ4v) is 20.3. The SMILES string of the molecule is O.O.O=P(c1ccccc1)(c1ccccc1)c1ccc2c(c1)c1cc(P(c3ccccc3)c3ccccc3)ccc1n2-c1ccc2sc3ccc(-n4c5ccccc5c5cc(P(c6ccccc6)c6ccccc6)ccc54)cc3c2c1. The minimum Gasteiger partial charge on any atom is -0.412 e. The van der Waals surface area contributed by atoms with Crippen LogP contribution in [-0.4, -0.2) is 20.1 Å². The molecule has 0 unspecified atom stereocenters. The van der Waals surface area contributed by atoms with Crippen LogP contribution in [0.1, 0.15) is 0 Å². The van der Waals surface area contributed by atoms with Crippen molar-refractivity contribution in [2.24, 2.45) is 0 Å². The van der Waals surface area contributed by atoms with E-state index in [0.29, 0.717) is 0 Å². The molecule has 12 aromatic carbocycles. The third kappa shape index (κ3) is 8.85. The Labute approximate surface area is 476 Å². The molecule has 0 aliphatic rings. The zero-order chi connectivity index (χ0) is 52.4. The Morgan fingerprint density at radius 3 is 1.05 bits per heavy atom. The lowest BCUT2D eigenvalue weighted by atomic mass is 10.1. The molecule has 5 nitrogen and oxygen atoms in total. The maximum Gasteiger partial charge on any atom is 0.171 e. The summed E-state index contributed by atoms with van der Waals surface area (Å²) < 4.78 is 23.4. The second-order valence-electron chi connectivity index (χ2n) is 20.0. The number of rotatable bonds is 11. The number of para-hydroxylation sites is 1. The first kappa shape index (κ1) is 51.9. The van der Waals surface area contributed by atoms with E-state index in [1.54, 1.807) is 0 Å². The van der Waals surface area contributed by atoms with Gasteiger partial charge in [-0.1, -0.05) is 212 Å². The molecule has 15 rings (SSSR count). The van der Waals surface area contributed by atoms with E-state index < -0.39 is 23.0 Å². The van der Waals surface area contributed by atoms with E-state index >= 15 is 4.57 Å². The highest BCUT2D eigenvalue weighted by molar-refractivity contribution is 7.85. The van der Waals surface area contributed by atoms with Crippen LogP contribution < -0.4 is 47.7 Å². The molecule has 15 aromatic rings. The van der Waals surface area contributed by atoms with E-state index in [0.717, 1.165) is 49.1 Å². The van der Waals surface area contributed by atoms with Crippen LogP contribution in [-0.2, 0) is 4.57 Å². The van der Waals surface area contributed by atoms with Crippen LogP contribution in [0.3, 0.4) is 0 Å². The lowest BCUT2D eigenvalue weighted by molar-refractivity contribution is 0.592. The first-order valence-electron chi connectivity index (χ1n) is 26.7. The van der Waals surface area contributed by atoms with Gasteiger partial charge in [0.25, 0.3) is 0 Å². The van der Waals surface area contributed by atoms with E-state index in [4.69, 9.17) is 0 Å². The highest BCUT2D eigenvalue weighted by Crippen LogP contribution is 2.46. The normalized spacial score (nSPS) is 11.8. The average molecular weight is 1120 g/mol. The van der Waals surface area contributed by atoms with Crippen molar-refractivity contribution < 1.29 is 15.5 Å². The number of fused-ring (bicyclic) bond motifs is 9. The Bertz CT molecular complexity index is 4700. The summed E-state index contributed by atoms with van der Waals surface area (Å²) in [5.41, 5.74) is 6.77. The Morgan fingerprint density at radius 1 is 0.272 bits per heavy atom. The van der Waals surface area contributed by atoms with Gasteiger partial charge in [0, 0.05) is 69.0 Å². The molecule has 4 N–H and O–H groups in total. The van der Waals surface area contributed by atoms with Crippen molar-refractivity contribution in [3.8, 4) is 11.4 Å². The number of thiophene rings is 1. The topological polar surface area (TPSA) is 89.9 Å². The van der Waals surface area contributed by atoms with Crippen molar-refractivity contribution in [1.29, 1.82) is 0 Å². The number of hydrogen-bond acceptors (Lipinski definition) is 2. The van der Waals surface area contributed by atoms with Gasteiger partial charge in [-0.25, -0.2) is 0 Å². The van der Waals surface area contributed by atoms with Gasteiger partial charge in [0.05, 0.1) is 22.1 Å². The van der Waals surface area contributed by atoms with E-state index in [1.165, 1.54) is 73.8 Å². The second-order valence-corrected chi connectivity index (χ2v) is 28.3. The monoisotopic (exact) mass is 1120 g/mol. The molecule has 0 bridgehead atoms. The molecule has 390 valence electrons. The van der Waals surface area contributed by atoms with Crippen LogP contribution in [0.25, 0.3) is 75.2 Å². The molecule has 0 aliphatic carbocycles. The van der Waals surface area contributed by atoms with Crippen molar-refractivity contribution in [3.05, 3.63) is 297 Å². The second kappa shape index (κ2) is 21.5. The zero-order valence-electron chi connectivity index (χ0n) is 43.8. The van der Waals surface area contributed by atoms with Crippen molar-refractivity contribution in [1.82, 2.24) is 9.13 Å². The largest absolute Gasteiger partial charge is 0.412 e. The summed E-state index contributed by atoms with van der Waals surface area (Å²) in [6.45, 7) is 0. The summed E-state index contributed by atoms with van der Waals surface area (Å²) in [4.78, 5) is 0. The maximum absolute atomic E-state index is 16.1. The van der Waals surface area contributed by atoms with Gasteiger partial charge in [0.1, 0.15) is 0 Å². The summed E-state index contributed by atoms with van der Waals surface area (Å²) in [5, 5.41) is 17.5. The van der Waals surface area contributed by atoms with Crippen molar-refractivity contribution in [2.75, 3.05) is 0 Å². The average Bonchev–Trinajstić information content (AvgIpc) is 3.93. The van der Waals surface area contributed by atoms with Gasteiger partial charge in [-0.3, -0.25) is 0 Å². The number of hydrogen-bond donors (Lipinski definition) is 0. The summed E-state index contributed by atoms with van der Waals surface area (Å²) >= 11 is 1.85. The van der Waals surface area contributed by atoms with Crippen molar-refractivity contribution >= 4 is 146 Å². The number of nitrogens with zero attached hydrogens (tertiary/aromatic N) is 2. The van der Waals surface area contributed by atoms with Crippen LogP contribution in [0.15, 0.2) is 297 Å². The lowest BCUT2D eigenvalue weighted by Gasteiger charge is -2.20. The van der Waals surface area contributed by atoms with Crippen LogP contribution in [0.5, 0.6) is 0 Å². The predicted molar refractivity (Wildman–Crippen MR) is 352 cm³/mol. The highest BCUT2D eigenvalue weighted by atomic mass is 32.1. The van der Waals surface area contributed by atoms with Crippen LogP contribution in [0, 0.1) is 0 Å². The molecule has 0 saturated carbocycles.